The van der Waals surface area contributed by atoms with Gasteiger partial charge in [0.25, 0.3) is 0 Å². The van der Waals surface area contributed by atoms with Crippen molar-refractivity contribution in [3.8, 4) is 17.0 Å². The molecule has 3 aliphatic carbocycles. The van der Waals surface area contributed by atoms with E-state index >= 15 is 0 Å². The summed E-state index contributed by atoms with van der Waals surface area (Å²) in [5, 5.41) is 4.79. The number of alkyl halides is 3. The number of nitrogens with two attached hydrogens (primary N) is 1. The van der Waals surface area contributed by atoms with Gasteiger partial charge >= 0.3 is 6.36 Å². The van der Waals surface area contributed by atoms with Crippen LogP contribution >= 0.6 is 0 Å². The van der Waals surface area contributed by atoms with Crippen molar-refractivity contribution in [2.45, 2.75) is 57.2 Å². The van der Waals surface area contributed by atoms with E-state index in [1.54, 1.807) is 0 Å². The second-order valence-electron chi connectivity index (χ2n) is 10.2. The average molecular weight is 464 g/mol. The molecule has 0 bridgehead atoms. The molecular formula is C23H28F3N5O2. The largest absolute Gasteiger partial charge is 0.573 e. The predicted octanol–water partition coefficient (Wildman–Crippen LogP) is 3.61. The molecule has 178 valence electrons. The molecule has 4 aliphatic rings. The molecule has 2 aromatic rings. The van der Waals surface area contributed by atoms with Gasteiger partial charge in [-0.15, -0.1) is 13.2 Å². The van der Waals surface area contributed by atoms with Crippen LogP contribution in [0.3, 0.4) is 0 Å². The van der Waals surface area contributed by atoms with Crippen LogP contribution in [0.15, 0.2) is 18.3 Å². The molecule has 7 nitrogen and oxygen atoms in total. The van der Waals surface area contributed by atoms with Gasteiger partial charge < -0.3 is 15.2 Å². The quantitative estimate of drug-likeness (QED) is 0.730. The Kier molecular flexibility index (Phi) is 4.40. The summed E-state index contributed by atoms with van der Waals surface area (Å²) in [5.74, 6) is 1.10. The second-order valence-corrected chi connectivity index (χ2v) is 10.2. The molecule has 0 radical (unpaired) electrons. The number of anilines is 1. The molecule has 33 heavy (non-hydrogen) atoms. The summed E-state index contributed by atoms with van der Waals surface area (Å²) in [4.78, 5) is 6.53. The zero-order valence-corrected chi connectivity index (χ0v) is 18.8. The highest BCUT2D eigenvalue weighted by molar-refractivity contribution is 5.66. The maximum Gasteiger partial charge on any atom is 0.573 e. The fraction of sp³-hybridized carbons (Fsp3) is 0.652. The van der Waals surface area contributed by atoms with Crippen molar-refractivity contribution in [2.24, 2.45) is 17.8 Å². The van der Waals surface area contributed by atoms with Crippen molar-refractivity contribution < 1.29 is 22.6 Å². The molecular weight excluding hydrogens is 435 g/mol. The van der Waals surface area contributed by atoms with Gasteiger partial charge in [0, 0.05) is 48.0 Å². The van der Waals surface area contributed by atoms with Gasteiger partial charge in [-0.05, 0) is 57.1 Å². The van der Waals surface area contributed by atoms with Gasteiger partial charge in [-0.1, -0.05) is 0 Å². The van der Waals surface area contributed by atoms with Gasteiger partial charge in [0.15, 0.2) is 11.6 Å². The minimum Gasteiger partial charge on any atom is -0.402 e. The first-order valence-electron chi connectivity index (χ1n) is 11.6. The number of nitrogen functional groups attached to an aromatic ring is 1. The first-order valence-corrected chi connectivity index (χ1v) is 11.6. The number of rotatable bonds is 5. The molecule has 2 N–H and O–H groups in total. The monoisotopic (exact) mass is 463 g/mol. The number of hydrogen-bond donors (Lipinski definition) is 1. The molecule has 0 amide bonds. The molecule has 0 aromatic carbocycles. The molecule has 2 unspecified atom stereocenters. The summed E-state index contributed by atoms with van der Waals surface area (Å²) in [6.07, 6.45) is -1.87. The van der Waals surface area contributed by atoms with Crippen LogP contribution < -0.4 is 10.5 Å². The minimum absolute atomic E-state index is 0.138. The Labute approximate surface area is 190 Å². The number of ether oxygens (including phenoxy) is 2. The van der Waals surface area contributed by atoms with Crippen LogP contribution in [0.5, 0.6) is 5.75 Å². The minimum atomic E-state index is -4.84. The van der Waals surface area contributed by atoms with Gasteiger partial charge in [-0.2, -0.15) is 5.10 Å². The SMILES string of the molecule is CC(C)n1nc(-c2cnc(N)c(OC(F)(F)F)c2)cc1[C@@]12C3C[C@H]1C2[C@@H]3N1CCO[C@@H](C)C1. The lowest BCUT2D eigenvalue weighted by molar-refractivity contribution is -0.274. The number of halogens is 3. The second kappa shape index (κ2) is 6.85. The number of fused-ring (bicyclic) bond motifs is 1. The fourth-order valence-corrected chi connectivity index (χ4v) is 6.96. The highest BCUT2D eigenvalue weighted by Crippen LogP contribution is 2.87. The number of morpholine rings is 1. The lowest BCUT2D eigenvalue weighted by atomic mass is 9.60. The van der Waals surface area contributed by atoms with Gasteiger partial charge in [0.2, 0.25) is 0 Å². The van der Waals surface area contributed by atoms with Gasteiger partial charge in [0.05, 0.1) is 18.4 Å². The molecule has 1 saturated heterocycles. The van der Waals surface area contributed by atoms with E-state index in [0.717, 1.165) is 19.7 Å². The number of pyridine rings is 1. The van der Waals surface area contributed by atoms with E-state index in [-0.39, 0.29) is 23.4 Å². The van der Waals surface area contributed by atoms with Crippen LogP contribution in [0.4, 0.5) is 19.0 Å². The Morgan fingerprint density at radius 1 is 1.27 bits per heavy atom. The molecule has 6 atom stereocenters. The van der Waals surface area contributed by atoms with Gasteiger partial charge in [-0.3, -0.25) is 9.58 Å². The zero-order valence-electron chi connectivity index (χ0n) is 18.8. The molecule has 3 heterocycles. The number of aromatic nitrogens is 3. The van der Waals surface area contributed by atoms with E-state index in [1.807, 2.05) is 10.7 Å². The summed E-state index contributed by atoms with van der Waals surface area (Å²) in [7, 11) is 0. The summed E-state index contributed by atoms with van der Waals surface area (Å²) in [5.41, 5.74) is 8.03. The van der Waals surface area contributed by atoms with Crippen LogP contribution in [0.1, 0.15) is 38.9 Å². The molecule has 4 fully saturated rings. The smallest absolute Gasteiger partial charge is 0.402 e. The first-order chi connectivity index (χ1) is 15.6. The standard InChI is InChI=1S/C23H28F3N5O2/c1-11(2)31-18(8-16(29-31)13-6-17(21(27)28-9-13)33-23(24,25)26)22-14-7-15(22)20(19(14)22)30-4-5-32-12(3)10-30/h6,8-9,11-12,14-15,19-20H,4-5,7,10H2,1-3H3,(H2,27,28)/t12-,14-,15?,19?,20+,22-/m0/s1. The van der Waals surface area contributed by atoms with Crippen LogP contribution in [0.2, 0.25) is 0 Å². The molecule has 1 aliphatic heterocycles. The Morgan fingerprint density at radius 2 is 2.06 bits per heavy atom. The van der Waals surface area contributed by atoms with Crippen LogP contribution in [0.25, 0.3) is 11.3 Å². The number of hydrogen-bond acceptors (Lipinski definition) is 6. The fourth-order valence-electron chi connectivity index (χ4n) is 6.96. The van der Waals surface area contributed by atoms with E-state index in [0.29, 0.717) is 35.1 Å². The van der Waals surface area contributed by atoms with Crippen molar-refractivity contribution in [3.63, 3.8) is 0 Å². The average Bonchev–Trinajstić information content (AvgIpc) is 3.16. The summed E-state index contributed by atoms with van der Waals surface area (Å²) in [6, 6.07) is 4.06. The van der Waals surface area contributed by atoms with E-state index in [1.165, 1.54) is 24.4 Å². The topological polar surface area (TPSA) is 78.4 Å². The van der Waals surface area contributed by atoms with E-state index in [2.05, 4.69) is 35.4 Å². The van der Waals surface area contributed by atoms with Crippen molar-refractivity contribution in [3.05, 3.63) is 24.0 Å². The lowest BCUT2D eigenvalue weighted by Crippen LogP contribution is -2.60. The Morgan fingerprint density at radius 3 is 2.73 bits per heavy atom. The molecule has 2 aromatic heterocycles. The Hall–Kier alpha value is -2.33. The maximum atomic E-state index is 12.8. The summed E-state index contributed by atoms with van der Waals surface area (Å²) in [6.45, 7) is 9.05. The predicted molar refractivity (Wildman–Crippen MR) is 114 cm³/mol. The summed E-state index contributed by atoms with van der Waals surface area (Å²) >= 11 is 0. The first kappa shape index (κ1) is 21.2. The lowest BCUT2D eigenvalue weighted by Gasteiger charge is -2.53. The van der Waals surface area contributed by atoms with Crippen LogP contribution in [0, 0.1) is 17.8 Å². The normalized spacial score (nSPS) is 35.1. The molecule has 6 rings (SSSR count). The number of nitrogens with zero attached hydrogens (tertiary/aromatic N) is 4. The van der Waals surface area contributed by atoms with E-state index in [9.17, 15) is 13.2 Å². The van der Waals surface area contributed by atoms with Crippen LogP contribution in [-0.4, -0.2) is 57.9 Å². The van der Waals surface area contributed by atoms with Crippen LogP contribution in [-0.2, 0) is 10.2 Å². The third kappa shape index (κ3) is 2.96. The third-order valence-corrected chi connectivity index (χ3v) is 8.16. The van der Waals surface area contributed by atoms with Crippen molar-refractivity contribution >= 4 is 5.82 Å². The Bertz CT molecular complexity index is 1090. The van der Waals surface area contributed by atoms with Crippen molar-refractivity contribution in [1.29, 1.82) is 0 Å². The highest BCUT2D eigenvalue weighted by Gasteiger charge is 2.90. The van der Waals surface area contributed by atoms with Crippen molar-refractivity contribution in [1.82, 2.24) is 19.7 Å². The molecule has 0 spiro atoms. The van der Waals surface area contributed by atoms with Crippen molar-refractivity contribution in [2.75, 3.05) is 25.4 Å². The Balaban J connectivity index is 1.31. The maximum absolute atomic E-state index is 12.8. The summed E-state index contributed by atoms with van der Waals surface area (Å²) < 4.78 is 50.2. The van der Waals surface area contributed by atoms with E-state index in [4.69, 9.17) is 15.6 Å². The molecule has 10 heteroatoms. The zero-order chi connectivity index (χ0) is 23.3. The van der Waals surface area contributed by atoms with E-state index < -0.39 is 12.1 Å². The molecule has 3 saturated carbocycles. The highest BCUT2D eigenvalue weighted by atomic mass is 19.4. The van der Waals surface area contributed by atoms with Gasteiger partial charge in [-0.25, -0.2) is 4.98 Å². The third-order valence-electron chi connectivity index (χ3n) is 8.16. The van der Waals surface area contributed by atoms with Gasteiger partial charge in [0.1, 0.15) is 0 Å².